The number of hydrogen-bond acceptors (Lipinski definition) is 3. The summed E-state index contributed by atoms with van der Waals surface area (Å²) in [7, 11) is -3.82. The first kappa shape index (κ1) is 15.4. The third-order valence-electron chi connectivity index (χ3n) is 4.21. The van der Waals surface area contributed by atoms with Crippen LogP contribution in [0.25, 0.3) is 0 Å². The van der Waals surface area contributed by atoms with Crippen molar-refractivity contribution in [1.82, 2.24) is 4.72 Å². The summed E-state index contributed by atoms with van der Waals surface area (Å²) in [5, 5.41) is 8.77. The Labute approximate surface area is 126 Å². The Hall–Kier alpha value is -1.54. The molecule has 1 aromatic rings. The summed E-state index contributed by atoms with van der Waals surface area (Å²) in [4.78, 5) is 10.6. The topological polar surface area (TPSA) is 83.5 Å². The van der Waals surface area contributed by atoms with Crippen molar-refractivity contribution >= 4 is 16.0 Å². The van der Waals surface area contributed by atoms with Crippen LogP contribution in [0.2, 0.25) is 0 Å². The number of carboxylic acids is 1. The lowest BCUT2D eigenvalue weighted by molar-refractivity contribution is -0.145. The minimum Gasteiger partial charge on any atom is -0.481 e. The Morgan fingerprint density at radius 1 is 1.32 bits per heavy atom. The fourth-order valence-electron chi connectivity index (χ4n) is 2.68. The van der Waals surface area contributed by atoms with E-state index in [-0.39, 0.29) is 24.2 Å². The summed E-state index contributed by atoms with van der Waals surface area (Å²) < 4.78 is 53.0. The van der Waals surface area contributed by atoms with Gasteiger partial charge in [0, 0.05) is 12.5 Å². The van der Waals surface area contributed by atoms with Crippen LogP contribution in [0.15, 0.2) is 29.2 Å². The Bertz CT molecular complexity index is 713. The van der Waals surface area contributed by atoms with Crippen molar-refractivity contribution in [2.75, 3.05) is 0 Å². The molecule has 0 radical (unpaired) electrons. The van der Waals surface area contributed by atoms with E-state index < -0.39 is 39.8 Å². The van der Waals surface area contributed by atoms with E-state index in [4.69, 9.17) is 5.11 Å². The van der Waals surface area contributed by atoms with Gasteiger partial charge in [-0.1, -0.05) is 12.1 Å². The third kappa shape index (κ3) is 2.85. The van der Waals surface area contributed by atoms with Crippen LogP contribution in [0, 0.1) is 5.92 Å². The molecule has 120 valence electrons. The van der Waals surface area contributed by atoms with Crippen LogP contribution in [0.5, 0.6) is 0 Å². The smallest absolute Gasteiger partial charge is 0.306 e. The number of sulfonamides is 1. The molecule has 1 atom stereocenters. The van der Waals surface area contributed by atoms with Crippen LogP contribution in [0.4, 0.5) is 8.78 Å². The average molecular weight is 331 g/mol. The number of nitrogens with one attached hydrogen (secondary N) is 1. The lowest BCUT2D eigenvalue weighted by Crippen LogP contribution is -2.46. The van der Waals surface area contributed by atoms with Crippen molar-refractivity contribution < 1.29 is 27.1 Å². The van der Waals surface area contributed by atoms with Gasteiger partial charge in [0.1, 0.15) is 0 Å². The highest BCUT2D eigenvalue weighted by Gasteiger charge is 2.57. The third-order valence-corrected chi connectivity index (χ3v) is 5.72. The van der Waals surface area contributed by atoms with Gasteiger partial charge in [-0.3, -0.25) is 4.79 Å². The zero-order chi connectivity index (χ0) is 16.1. The molecule has 22 heavy (non-hydrogen) atoms. The summed E-state index contributed by atoms with van der Waals surface area (Å²) in [6.07, 6.45) is 0.233. The maximum absolute atomic E-state index is 13.1. The maximum Gasteiger partial charge on any atom is 0.306 e. The van der Waals surface area contributed by atoms with Crippen LogP contribution in [0.3, 0.4) is 0 Å². The number of carboxylic acid groups (broad SMARTS) is 1. The Kier molecular flexibility index (Phi) is 3.48. The van der Waals surface area contributed by atoms with Gasteiger partial charge >= 0.3 is 5.97 Å². The minimum atomic E-state index is -3.82. The second-order valence-corrected chi connectivity index (χ2v) is 7.63. The molecule has 1 aromatic carbocycles. The zero-order valence-corrected chi connectivity index (χ0v) is 12.3. The molecule has 0 spiro atoms. The normalized spacial score (nSPS) is 29.6. The van der Waals surface area contributed by atoms with Crippen molar-refractivity contribution in [3.63, 3.8) is 0 Å². The van der Waals surface area contributed by atoms with E-state index in [9.17, 15) is 22.0 Å². The van der Waals surface area contributed by atoms with E-state index in [1.165, 1.54) is 24.3 Å². The largest absolute Gasteiger partial charge is 0.481 e. The van der Waals surface area contributed by atoms with E-state index in [1.54, 1.807) is 0 Å². The molecule has 2 saturated carbocycles. The second-order valence-electron chi connectivity index (χ2n) is 5.92. The van der Waals surface area contributed by atoms with Gasteiger partial charge in [-0.05, 0) is 30.5 Å². The molecule has 0 saturated heterocycles. The molecule has 8 heteroatoms. The Morgan fingerprint density at radius 3 is 2.50 bits per heavy atom. The highest BCUT2D eigenvalue weighted by Crippen LogP contribution is 2.55. The van der Waals surface area contributed by atoms with Gasteiger partial charge < -0.3 is 5.11 Å². The molecule has 5 nitrogen and oxygen atoms in total. The van der Waals surface area contributed by atoms with E-state index in [1.807, 2.05) is 0 Å². The fraction of sp³-hybridized carbons (Fsp3) is 0.500. The van der Waals surface area contributed by atoms with Gasteiger partial charge in [-0.25, -0.2) is 21.9 Å². The number of aliphatic carboxylic acids is 1. The van der Waals surface area contributed by atoms with E-state index in [2.05, 4.69) is 4.72 Å². The predicted octanol–water partition coefficient (Wildman–Crippen LogP) is 1.95. The summed E-state index contributed by atoms with van der Waals surface area (Å²) in [6, 6.07) is 5.13. The van der Waals surface area contributed by atoms with Gasteiger partial charge in [0.2, 0.25) is 10.0 Å². The predicted molar refractivity (Wildman–Crippen MR) is 73.2 cm³/mol. The second kappa shape index (κ2) is 4.99. The molecule has 0 aliphatic heterocycles. The molecule has 2 aliphatic rings. The van der Waals surface area contributed by atoms with Crippen molar-refractivity contribution in [2.45, 2.75) is 42.0 Å². The molecule has 2 fully saturated rings. The fourth-order valence-corrected chi connectivity index (χ4v) is 3.99. The van der Waals surface area contributed by atoms with Crippen molar-refractivity contribution in [2.24, 2.45) is 5.92 Å². The van der Waals surface area contributed by atoms with Crippen molar-refractivity contribution in [1.29, 1.82) is 0 Å². The van der Waals surface area contributed by atoms with Gasteiger partial charge in [-0.15, -0.1) is 0 Å². The summed E-state index contributed by atoms with van der Waals surface area (Å²) in [5.41, 5.74) is 0.310. The molecule has 2 N–H and O–H groups in total. The number of alkyl halides is 2. The van der Waals surface area contributed by atoms with Gasteiger partial charge in [-0.2, -0.15) is 0 Å². The standard InChI is InChI=1S/C14H15F2NO4S/c15-14(16)7-12(14)8-2-1-3-11(6-8)22(20,21)17-10-4-9(5-10)13(18)19/h1-3,6,9-10,12,17H,4-5,7H2,(H,18,19). The van der Waals surface area contributed by atoms with Crippen LogP contribution in [-0.4, -0.2) is 31.5 Å². The molecule has 2 aliphatic carbocycles. The molecule has 0 heterocycles. The molecule has 1 unspecified atom stereocenters. The maximum atomic E-state index is 13.1. The minimum absolute atomic E-state index is 0.0634. The zero-order valence-electron chi connectivity index (χ0n) is 11.5. The van der Waals surface area contributed by atoms with Gasteiger partial charge in [0.15, 0.2) is 0 Å². The Morgan fingerprint density at radius 2 is 1.95 bits per heavy atom. The number of benzene rings is 1. The molecule has 0 aromatic heterocycles. The highest BCUT2D eigenvalue weighted by molar-refractivity contribution is 7.89. The van der Waals surface area contributed by atoms with Gasteiger partial charge in [0.05, 0.1) is 16.7 Å². The van der Waals surface area contributed by atoms with Crippen LogP contribution in [0.1, 0.15) is 30.7 Å². The van der Waals surface area contributed by atoms with E-state index >= 15 is 0 Å². The lowest BCUT2D eigenvalue weighted by atomic mass is 9.81. The quantitative estimate of drug-likeness (QED) is 0.864. The SMILES string of the molecule is O=C(O)C1CC(NS(=O)(=O)c2cccc(C3CC3(F)F)c2)C1. The monoisotopic (exact) mass is 331 g/mol. The number of rotatable bonds is 5. The molecular formula is C14H15F2NO4S. The Balaban J connectivity index is 1.71. The molecule has 3 rings (SSSR count). The average Bonchev–Trinajstić information content (AvgIpc) is 3.02. The summed E-state index contributed by atoms with van der Waals surface area (Å²) >= 11 is 0. The van der Waals surface area contributed by atoms with Crippen LogP contribution < -0.4 is 4.72 Å². The molecular weight excluding hydrogens is 316 g/mol. The summed E-state index contributed by atoms with van der Waals surface area (Å²) in [5.74, 6) is -5.13. The molecule has 0 amide bonds. The van der Waals surface area contributed by atoms with E-state index in [0.29, 0.717) is 5.56 Å². The number of hydrogen-bond donors (Lipinski definition) is 2. The number of carbonyl (C=O) groups is 1. The lowest BCUT2D eigenvalue weighted by Gasteiger charge is -2.32. The van der Waals surface area contributed by atoms with Crippen molar-refractivity contribution in [3.05, 3.63) is 29.8 Å². The van der Waals surface area contributed by atoms with Crippen molar-refractivity contribution in [3.8, 4) is 0 Å². The first-order valence-electron chi connectivity index (χ1n) is 6.92. The van der Waals surface area contributed by atoms with Crippen LogP contribution in [-0.2, 0) is 14.8 Å². The summed E-state index contributed by atoms with van der Waals surface area (Å²) in [6.45, 7) is 0. The van der Waals surface area contributed by atoms with Crippen LogP contribution >= 0.6 is 0 Å². The highest BCUT2D eigenvalue weighted by atomic mass is 32.2. The van der Waals surface area contributed by atoms with E-state index in [0.717, 1.165) is 0 Å². The first-order valence-corrected chi connectivity index (χ1v) is 8.40. The number of halogens is 2. The van der Waals surface area contributed by atoms with Gasteiger partial charge in [0.25, 0.3) is 5.92 Å². The first-order chi connectivity index (χ1) is 10.2. The molecule has 0 bridgehead atoms.